The van der Waals surface area contributed by atoms with Gasteiger partial charge in [0, 0.05) is 52.6 Å². The molecule has 7 nitrogen and oxygen atoms in total. The van der Waals surface area contributed by atoms with E-state index < -0.39 is 0 Å². The van der Waals surface area contributed by atoms with Crippen molar-refractivity contribution in [3.8, 4) is 17.2 Å². The number of nitrogens with one attached hydrogen (secondary N) is 1. The average molecular weight is 468 g/mol. The van der Waals surface area contributed by atoms with Gasteiger partial charge in [-0.25, -0.2) is 0 Å². The average Bonchev–Trinajstić information content (AvgIpc) is 3.14. The zero-order valence-electron chi connectivity index (χ0n) is 20.7. The van der Waals surface area contributed by atoms with E-state index in [1.54, 1.807) is 7.11 Å². The van der Waals surface area contributed by atoms with Crippen LogP contribution in [-0.4, -0.2) is 33.5 Å². The molecule has 0 spiro atoms. The van der Waals surface area contributed by atoms with Crippen molar-refractivity contribution in [1.82, 2.24) is 19.7 Å². The molecule has 2 aromatic carbocycles. The van der Waals surface area contributed by atoms with Gasteiger partial charge in [0.1, 0.15) is 11.5 Å². The Morgan fingerprint density at radius 3 is 2.60 bits per heavy atom. The summed E-state index contributed by atoms with van der Waals surface area (Å²) in [5.41, 5.74) is 5.19. The van der Waals surface area contributed by atoms with Crippen molar-refractivity contribution in [1.29, 1.82) is 0 Å². The standard InChI is InChI=1S/C28H29N5O2/c1-6-35-22-10-11-24(25(14-22)34-5)33-18(3)26-17(2)31-32-28(27(26)19(33)4)30-16-21-9-7-8-20-15-29-13-12-23(20)21/h7-15H,6,16H2,1-5H3,(H,30,32). The molecule has 5 rings (SSSR count). The van der Waals surface area contributed by atoms with E-state index in [2.05, 4.69) is 57.1 Å². The second-order valence-electron chi connectivity index (χ2n) is 8.52. The smallest absolute Gasteiger partial charge is 0.158 e. The Hall–Kier alpha value is -4.13. The number of aromatic nitrogens is 4. The van der Waals surface area contributed by atoms with Gasteiger partial charge in [0.2, 0.25) is 0 Å². The van der Waals surface area contributed by atoms with Gasteiger partial charge in [0.15, 0.2) is 5.82 Å². The summed E-state index contributed by atoms with van der Waals surface area (Å²) in [6.07, 6.45) is 3.72. The molecule has 0 atom stereocenters. The number of fused-ring (bicyclic) bond motifs is 2. The fourth-order valence-corrected chi connectivity index (χ4v) is 4.90. The minimum atomic E-state index is 0.604. The third-order valence-corrected chi connectivity index (χ3v) is 6.46. The molecular weight excluding hydrogens is 438 g/mol. The van der Waals surface area contributed by atoms with Crippen molar-refractivity contribution in [2.45, 2.75) is 34.2 Å². The van der Waals surface area contributed by atoms with Crippen LogP contribution in [0.3, 0.4) is 0 Å². The zero-order chi connectivity index (χ0) is 24.5. The first-order chi connectivity index (χ1) is 17.0. The van der Waals surface area contributed by atoms with Gasteiger partial charge in [0.05, 0.1) is 25.1 Å². The third-order valence-electron chi connectivity index (χ3n) is 6.46. The molecule has 0 amide bonds. The SMILES string of the molecule is CCOc1ccc(-n2c(C)c3c(C)nnc(NCc4cccc5cnccc45)c3c2C)c(OC)c1. The number of hydrogen-bond donors (Lipinski definition) is 1. The van der Waals surface area contributed by atoms with E-state index in [4.69, 9.17) is 9.47 Å². The predicted molar refractivity (Wildman–Crippen MR) is 140 cm³/mol. The topological polar surface area (TPSA) is 74.1 Å². The van der Waals surface area contributed by atoms with Crippen molar-refractivity contribution >= 4 is 27.4 Å². The Morgan fingerprint density at radius 2 is 1.80 bits per heavy atom. The van der Waals surface area contributed by atoms with Crippen LogP contribution in [-0.2, 0) is 6.54 Å². The van der Waals surface area contributed by atoms with E-state index in [-0.39, 0.29) is 0 Å². The molecule has 35 heavy (non-hydrogen) atoms. The Kier molecular flexibility index (Phi) is 5.99. The molecule has 178 valence electrons. The minimum absolute atomic E-state index is 0.604. The molecule has 5 aromatic rings. The molecule has 0 aliphatic rings. The van der Waals surface area contributed by atoms with Crippen LogP contribution in [0.4, 0.5) is 5.82 Å². The monoisotopic (exact) mass is 467 g/mol. The van der Waals surface area contributed by atoms with Gasteiger partial charge in [-0.3, -0.25) is 4.98 Å². The first kappa shape index (κ1) is 22.7. The largest absolute Gasteiger partial charge is 0.494 e. The predicted octanol–water partition coefficient (Wildman–Crippen LogP) is 5.91. The van der Waals surface area contributed by atoms with Crippen molar-refractivity contribution in [2.75, 3.05) is 19.0 Å². The van der Waals surface area contributed by atoms with E-state index >= 15 is 0 Å². The van der Waals surface area contributed by atoms with Crippen LogP contribution in [0.25, 0.3) is 27.2 Å². The van der Waals surface area contributed by atoms with Crippen LogP contribution >= 0.6 is 0 Å². The lowest BCUT2D eigenvalue weighted by Crippen LogP contribution is -2.05. The zero-order valence-corrected chi connectivity index (χ0v) is 20.7. The molecule has 0 radical (unpaired) electrons. The van der Waals surface area contributed by atoms with Gasteiger partial charge in [0.25, 0.3) is 0 Å². The molecule has 0 saturated carbocycles. The Labute approximate surface area is 204 Å². The number of ether oxygens (including phenoxy) is 2. The van der Waals surface area contributed by atoms with Crippen molar-refractivity contribution in [3.05, 3.63) is 77.5 Å². The molecule has 0 bridgehead atoms. The summed E-state index contributed by atoms with van der Waals surface area (Å²) in [4.78, 5) is 4.24. The summed E-state index contributed by atoms with van der Waals surface area (Å²) in [5.74, 6) is 2.30. The van der Waals surface area contributed by atoms with E-state index in [1.165, 1.54) is 10.9 Å². The van der Waals surface area contributed by atoms with Gasteiger partial charge in [-0.2, -0.15) is 5.10 Å². The maximum Gasteiger partial charge on any atom is 0.158 e. The van der Waals surface area contributed by atoms with E-state index in [0.29, 0.717) is 13.2 Å². The van der Waals surface area contributed by atoms with Crippen LogP contribution in [0.5, 0.6) is 11.5 Å². The number of rotatable bonds is 7. The van der Waals surface area contributed by atoms with Crippen LogP contribution in [0.15, 0.2) is 54.9 Å². The molecule has 1 N–H and O–H groups in total. The molecule has 3 aromatic heterocycles. The second kappa shape index (κ2) is 9.25. The summed E-state index contributed by atoms with van der Waals surface area (Å²) in [5, 5.41) is 17.0. The quantitative estimate of drug-likeness (QED) is 0.321. The number of benzene rings is 2. The number of hydrogen-bond acceptors (Lipinski definition) is 6. The molecular formula is C28H29N5O2. The highest BCUT2D eigenvalue weighted by molar-refractivity contribution is 5.98. The molecule has 3 heterocycles. The third kappa shape index (κ3) is 3.93. The van der Waals surface area contributed by atoms with Crippen LogP contribution in [0.1, 0.15) is 29.6 Å². The summed E-state index contributed by atoms with van der Waals surface area (Å²) in [6.45, 7) is 9.43. The van der Waals surface area contributed by atoms with Crippen molar-refractivity contribution in [3.63, 3.8) is 0 Å². The first-order valence-electron chi connectivity index (χ1n) is 11.7. The number of nitrogens with zero attached hydrogens (tertiary/aromatic N) is 4. The fraction of sp³-hybridized carbons (Fsp3) is 0.250. The second-order valence-corrected chi connectivity index (χ2v) is 8.52. The molecule has 0 saturated heterocycles. The van der Waals surface area contributed by atoms with Gasteiger partial charge in [-0.15, -0.1) is 5.10 Å². The lowest BCUT2D eigenvalue weighted by atomic mass is 10.1. The maximum atomic E-state index is 5.75. The molecule has 0 aliphatic carbocycles. The normalized spacial score (nSPS) is 11.2. The van der Waals surface area contributed by atoms with Crippen LogP contribution in [0.2, 0.25) is 0 Å². The molecule has 0 fully saturated rings. The van der Waals surface area contributed by atoms with Crippen molar-refractivity contribution in [2.24, 2.45) is 0 Å². The van der Waals surface area contributed by atoms with Crippen molar-refractivity contribution < 1.29 is 9.47 Å². The number of methoxy groups -OCH3 is 1. The molecule has 0 unspecified atom stereocenters. The van der Waals surface area contributed by atoms with Gasteiger partial charge in [-0.05, 0) is 56.8 Å². The Bertz CT molecular complexity index is 1540. The minimum Gasteiger partial charge on any atom is -0.494 e. The van der Waals surface area contributed by atoms with E-state index in [0.717, 1.165) is 56.2 Å². The highest BCUT2D eigenvalue weighted by Crippen LogP contribution is 2.37. The summed E-state index contributed by atoms with van der Waals surface area (Å²) in [7, 11) is 1.68. The van der Waals surface area contributed by atoms with Crippen LogP contribution < -0.4 is 14.8 Å². The maximum absolute atomic E-state index is 5.75. The Morgan fingerprint density at radius 1 is 0.971 bits per heavy atom. The lowest BCUT2D eigenvalue weighted by Gasteiger charge is -2.15. The summed E-state index contributed by atoms with van der Waals surface area (Å²) in [6, 6.07) is 14.3. The number of aryl methyl sites for hydroxylation is 3. The highest BCUT2D eigenvalue weighted by atomic mass is 16.5. The fourth-order valence-electron chi connectivity index (χ4n) is 4.90. The first-order valence-corrected chi connectivity index (χ1v) is 11.7. The van der Waals surface area contributed by atoms with E-state index in [1.807, 2.05) is 50.5 Å². The van der Waals surface area contributed by atoms with Gasteiger partial charge in [-0.1, -0.05) is 18.2 Å². The Balaban J connectivity index is 1.60. The highest BCUT2D eigenvalue weighted by Gasteiger charge is 2.21. The van der Waals surface area contributed by atoms with Crippen LogP contribution in [0, 0.1) is 20.8 Å². The number of anilines is 1. The van der Waals surface area contributed by atoms with Gasteiger partial charge < -0.3 is 19.4 Å². The molecule has 0 aliphatic heterocycles. The molecule has 7 heteroatoms. The number of pyridine rings is 1. The summed E-state index contributed by atoms with van der Waals surface area (Å²) >= 11 is 0. The van der Waals surface area contributed by atoms with E-state index in [9.17, 15) is 0 Å². The van der Waals surface area contributed by atoms with Gasteiger partial charge >= 0.3 is 0 Å². The summed E-state index contributed by atoms with van der Waals surface area (Å²) < 4.78 is 13.6. The lowest BCUT2D eigenvalue weighted by molar-refractivity contribution is 0.336.